The van der Waals surface area contributed by atoms with Gasteiger partial charge in [0.1, 0.15) is 5.75 Å². The molecule has 0 bridgehead atoms. The number of thioether (sulfide) groups is 1. The molecule has 2 aromatic heterocycles. The zero-order valence-electron chi connectivity index (χ0n) is 17.5. The van der Waals surface area contributed by atoms with Gasteiger partial charge in [-0.3, -0.25) is 9.59 Å². The predicted octanol–water partition coefficient (Wildman–Crippen LogP) is 2.71. The van der Waals surface area contributed by atoms with Crippen molar-refractivity contribution in [2.24, 2.45) is 5.73 Å². The molecule has 0 unspecified atom stereocenters. The molecule has 0 aliphatic carbocycles. The topological polar surface area (TPSA) is 138 Å². The second-order valence-corrected chi connectivity index (χ2v) is 7.65. The molecular weight excluding hydrogens is 442 g/mol. The first-order valence-electron chi connectivity index (χ1n) is 9.75. The third-order valence-corrected chi connectivity index (χ3v) is 5.49. The van der Waals surface area contributed by atoms with Crippen LogP contribution in [-0.4, -0.2) is 43.9 Å². The molecule has 0 radical (unpaired) electrons. The Bertz CT molecular complexity index is 1260. The van der Waals surface area contributed by atoms with Crippen molar-refractivity contribution in [1.82, 2.24) is 25.0 Å². The maximum absolute atomic E-state index is 13.0. The standard InChI is InChI=1S/C22H19N7O3S/c1-32-17-9-7-16(8-10-17)29-18(13-33-22-24-11-2-12-25-22)19(27-28-29)21(31)26-15-5-3-14(4-6-15)20(23)30/h2-12H,13H2,1H3,(H2,23,30)(H,26,31). The molecule has 2 amide bonds. The quantitative estimate of drug-likeness (QED) is 0.302. The van der Waals surface area contributed by atoms with Crippen LogP contribution in [0.15, 0.2) is 72.1 Å². The number of hydrogen-bond donors (Lipinski definition) is 2. The summed E-state index contributed by atoms with van der Waals surface area (Å²) >= 11 is 1.36. The molecule has 3 N–H and O–H groups in total. The van der Waals surface area contributed by atoms with E-state index >= 15 is 0 Å². The number of benzene rings is 2. The zero-order chi connectivity index (χ0) is 23.2. The minimum Gasteiger partial charge on any atom is -0.497 e. The molecule has 2 aromatic carbocycles. The Hall–Kier alpha value is -4.25. The van der Waals surface area contributed by atoms with E-state index < -0.39 is 11.8 Å². The molecular formula is C22H19N7O3S. The first-order chi connectivity index (χ1) is 16.0. The van der Waals surface area contributed by atoms with Crippen LogP contribution in [0.2, 0.25) is 0 Å². The predicted molar refractivity (Wildman–Crippen MR) is 122 cm³/mol. The number of primary amides is 1. The fraction of sp³-hybridized carbons (Fsp3) is 0.0909. The van der Waals surface area contributed by atoms with Crippen LogP contribution >= 0.6 is 11.8 Å². The number of nitrogens with two attached hydrogens (primary N) is 1. The number of carbonyl (C=O) groups excluding carboxylic acids is 2. The van der Waals surface area contributed by atoms with Gasteiger partial charge in [0.25, 0.3) is 5.91 Å². The van der Waals surface area contributed by atoms with Crippen molar-refractivity contribution < 1.29 is 14.3 Å². The molecule has 0 aliphatic heterocycles. The number of ether oxygens (including phenoxy) is 1. The van der Waals surface area contributed by atoms with Crippen molar-refractivity contribution in [3.63, 3.8) is 0 Å². The summed E-state index contributed by atoms with van der Waals surface area (Å²) in [5.41, 5.74) is 7.56. The van der Waals surface area contributed by atoms with Gasteiger partial charge in [-0.05, 0) is 54.6 Å². The Kier molecular flexibility index (Phi) is 6.60. The van der Waals surface area contributed by atoms with E-state index in [0.29, 0.717) is 33.6 Å². The molecule has 0 saturated carbocycles. The van der Waals surface area contributed by atoms with Crippen LogP contribution in [0.3, 0.4) is 0 Å². The number of carbonyl (C=O) groups is 2. The number of hydrogen-bond acceptors (Lipinski definition) is 8. The van der Waals surface area contributed by atoms with Gasteiger partial charge in [-0.2, -0.15) is 0 Å². The monoisotopic (exact) mass is 461 g/mol. The first-order valence-corrected chi connectivity index (χ1v) is 10.7. The fourth-order valence-electron chi connectivity index (χ4n) is 2.94. The third kappa shape index (κ3) is 5.15. The average molecular weight is 462 g/mol. The Morgan fingerprint density at radius 1 is 1.06 bits per heavy atom. The SMILES string of the molecule is COc1ccc(-n2nnc(C(=O)Nc3ccc(C(N)=O)cc3)c2CSc2ncccn2)cc1. The smallest absolute Gasteiger partial charge is 0.278 e. The zero-order valence-corrected chi connectivity index (χ0v) is 18.3. The molecule has 4 rings (SSSR count). The molecule has 0 fully saturated rings. The van der Waals surface area contributed by atoms with Crippen LogP contribution < -0.4 is 15.8 Å². The highest BCUT2D eigenvalue weighted by atomic mass is 32.2. The number of aromatic nitrogens is 5. The van der Waals surface area contributed by atoms with Gasteiger partial charge in [0, 0.05) is 29.4 Å². The Morgan fingerprint density at radius 3 is 2.39 bits per heavy atom. The highest BCUT2D eigenvalue weighted by Gasteiger charge is 2.21. The van der Waals surface area contributed by atoms with E-state index in [0.717, 1.165) is 5.69 Å². The maximum Gasteiger partial charge on any atom is 0.278 e. The molecule has 10 nitrogen and oxygen atoms in total. The number of amides is 2. The van der Waals surface area contributed by atoms with Gasteiger partial charge in [-0.15, -0.1) is 5.10 Å². The van der Waals surface area contributed by atoms with Crippen LogP contribution in [0.25, 0.3) is 5.69 Å². The van der Waals surface area contributed by atoms with Gasteiger partial charge in [0.05, 0.1) is 18.5 Å². The summed E-state index contributed by atoms with van der Waals surface area (Å²) in [4.78, 5) is 32.7. The van der Waals surface area contributed by atoms with E-state index in [1.54, 1.807) is 54.5 Å². The van der Waals surface area contributed by atoms with E-state index in [1.807, 2.05) is 12.1 Å². The van der Waals surface area contributed by atoms with E-state index in [9.17, 15) is 9.59 Å². The lowest BCUT2D eigenvalue weighted by Gasteiger charge is -2.09. The van der Waals surface area contributed by atoms with Crippen LogP contribution in [0, 0.1) is 0 Å². The lowest BCUT2D eigenvalue weighted by molar-refractivity contribution is 0.0997. The van der Waals surface area contributed by atoms with E-state index in [4.69, 9.17) is 10.5 Å². The van der Waals surface area contributed by atoms with Crippen molar-refractivity contribution in [2.75, 3.05) is 12.4 Å². The van der Waals surface area contributed by atoms with Crippen LogP contribution in [-0.2, 0) is 5.75 Å². The first kappa shape index (κ1) is 22.0. The maximum atomic E-state index is 13.0. The molecule has 4 aromatic rings. The van der Waals surface area contributed by atoms with Gasteiger partial charge in [0.2, 0.25) is 5.91 Å². The van der Waals surface area contributed by atoms with Crippen molar-refractivity contribution in [2.45, 2.75) is 10.9 Å². The Morgan fingerprint density at radius 2 is 1.76 bits per heavy atom. The highest BCUT2D eigenvalue weighted by Crippen LogP contribution is 2.24. The van der Waals surface area contributed by atoms with Gasteiger partial charge < -0.3 is 15.8 Å². The summed E-state index contributed by atoms with van der Waals surface area (Å²) < 4.78 is 6.81. The molecule has 11 heteroatoms. The number of anilines is 1. The normalized spacial score (nSPS) is 10.6. The summed E-state index contributed by atoms with van der Waals surface area (Å²) in [6.07, 6.45) is 3.30. The van der Waals surface area contributed by atoms with E-state index in [1.165, 1.54) is 23.9 Å². The number of nitrogens with zero attached hydrogens (tertiary/aromatic N) is 5. The average Bonchev–Trinajstić information content (AvgIpc) is 3.28. The summed E-state index contributed by atoms with van der Waals surface area (Å²) in [7, 11) is 1.59. The molecule has 0 atom stereocenters. The largest absolute Gasteiger partial charge is 0.497 e. The molecule has 0 saturated heterocycles. The second-order valence-electron chi connectivity index (χ2n) is 6.71. The van der Waals surface area contributed by atoms with Crippen molar-refractivity contribution in [3.05, 3.63) is 83.9 Å². The van der Waals surface area contributed by atoms with Crippen LogP contribution in [0.5, 0.6) is 5.75 Å². The van der Waals surface area contributed by atoms with Gasteiger partial charge in [-0.1, -0.05) is 17.0 Å². The van der Waals surface area contributed by atoms with Crippen LogP contribution in [0.1, 0.15) is 26.5 Å². The summed E-state index contributed by atoms with van der Waals surface area (Å²) in [6, 6.07) is 15.2. The lowest BCUT2D eigenvalue weighted by atomic mass is 10.2. The summed E-state index contributed by atoms with van der Waals surface area (Å²) in [5.74, 6) is 0.0700. The number of rotatable bonds is 8. The van der Waals surface area contributed by atoms with Crippen LogP contribution in [0.4, 0.5) is 5.69 Å². The van der Waals surface area contributed by atoms with Crippen molar-refractivity contribution >= 4 is 29.3 Å². The minimum atomic E-state index is -0.544. The molecule has 0 spiro atoms. The van der Waals surface area contributed by atoms with E-state index in [-0.39, 0.29) is 5.69 Å². The second kappa shape index (κ2) is 9.92. The van der Waals surface area contributed by atoms with E-state index in [2.05, 4.69) is 25.6 Å². The Balaban J connectivity index is 1.63. The lowest BCUT2D eigenvalue weighted by Crippen LogP contribution is -2.16. The van der Waals surface area contributed by atoms with Gasteiger partial charge in [-0.25, -0.2) is 14.6 Å². The highest BCUT2D eigenvalue weighted by molar-refractivity contribution is 7.98. The number of nitrogens with one attached hydrogen (secondary N) is 1. The minimum absolute atomic E-state index is 0.160. The van der Waals surface area contributed by atoms with Gasteiger partial charge >= 0.3 is 0 Å². The molecule has 2 heterocycles. The van der Waals surface area contributed by atoms with Crippen molar-refractivity contribution in [1.29, 1.82) is 0 Å². The molecule has 0 aliphatic rings. The Labute approximate surface area is 193 Å². The van der Waals surface area contributed by atoms with Gasteiger partial charge in [0.15, 0.2) is 10.9 Å². The number of methoxy groups -OCH3 is 1. The van der Waals surface area contributed by atoms with Crippen molar-refractivity contribution in [3.8, 4) is 11.4 Å². The molecule has 166 valence electrons. The third-order valence-electron chi connectivity index (χ3n) is 4.60. The molecule has 33 heavy (non-hydrogen) atoms. The summed E-state index contributed by atoms with van der Waals surface area (Å²) in [6.45, 7) is 0. The fourth-order valence-corrected chi connectivity index (χ4v) is 3.73. The summed E-state index contributed by atoms with van der Waals surface area (Å²) in [5, 5.41) is 11.7.